The third-order valence-electron chi connectivity index (χ3n) is 1.31. The van der Waals surface area contributed by atoms with Crippen molar-refractivity contribution in [2.75, 3.05) is 0 Å². The first-order valence-corrected chi connectivity index (χ1v) is 3.44. The average molecular weight is 236 g/mol. The Balaban J connectivity index is 5.01. The lowest BCUT2D eigenvalue weighted by atomic mass is 10.2. The molecule has 0 unspecified atom stereocenters. The van der Waals surface area contributed by atoms with Gasteiger partial charge in [0.25, 0.3) is 0 Å². The number of rotatable bonds is 4. The van der Waals surface area contributed by atoms with E-state index in [0.29, 0.717) is 0 Å². The summed E-state index contributed by atoms with van der Waals surface area (Å²) in [6, 6.07) is 0. The molecule has 0 bridgehead atoms. The predicted octanol–water partition coefficient (Wildman–Crippen LogP) is 2.60. The summed E-state index contributed by atoms with van der Waals surface area (Å²) in [4.78, 5) is 10.2. The Morgan fingerprint density at radius 1 is 1.20 bits per heavy atom. The quantitative estimate of drug-likeness (QED) is 0.426. The molecule has 15 heavy (non-hydrogen) atoms. The summed E-state index contributed by atoms with van der Waals surface area (Å²) in [7, 11) is 0. The molecule has 0 amide bonds. The SMILES string of the molecule is C=CC(=O)OC(F)(F)C(F)(F)C(C)(F)F. The molecule has 0 aliphatic heterocycles. The van der Waals surface area contributed by atoms with Crippen molar-refractivity contribution in [3.63, 3.8) is 0 Å². The first-order valence-electron chi connectivity index (χ1n) is 3.44. The number of ether oxygens (including phenoxy) is 1. The molecular formula is C7H6F6O2. The molecule has 2 nitrogen and oxygen atoms in total. The van der Waals surface area contributed by atoms with Gasteiger partial charge in [-0.05, 0) is 0 Å². The number of hydrogen-bond acceptors (Lipinski definition) is 2. The second-order valence-corrected chi connectivity index (χ2v) is 2.60. The molecule has 0 N–H and O–H groups in total. The Labute approximate surface area is 80.5 Å². The predicted molar refractivity (Wildman–Crippen MR) is 36.8 cm³/mol. The van der Waals surface area contributed by atoms with Crippen molar-refractivity contribution in [2.24, 2.45) is 0 Å². The van der Waals surface area contributed by atoms with Crippen LogP contribution in [0.5, 0.6) is 0 Å². The van der Waals surface area contributed by atoms with Crippen molar-refractivity contribution in [3.05, 3.63) is 12.7 Å². The van der Waals surface area contributed by atoms with Gasteiger partial charge in [-0.3, -0.25) is 0 Å². The van der Waals surface area contributed by atoms with Crippen LogP contribution in [-0.2, 0) is 9.53 Å². The van der Waals surface area contributed by atoms with Crippen LogP contribution in [0.4, 0.5) is 26.3 Å². The highest BCUT2D eigenvalue weighted by molar-refractivity contribution is 5.81. The third-order valence-corrected chi connectivity index (χ3v) is 1.31. The molecule has 0 spiro atoms. The number of halogens is 6. The molecule has 0 aromatic heterocycles. The van der Waals surface area contributed by atoms with Gasteiger partial charge in [-0.15, -0.1) is 0 Å². The molecule has 0 fully saturated rings. The molecule has 0 aromatic carbocycles. The lowest BCUT2D eigenvalue weighted by Crippen LogP contribution is -2.54. The molecule has 0 atom stereocenters. The summed E-state index contributed by atoms with van der Waals surface area (Å²) >= 11 is 0. The minimum atomic E-state index is -5.79. The third kappa shape index (κ3) is 2.63. The van der Waals surface area contributed by atoms with Crippen LogP contribution in [0.3, 0.4) is 0 Å². The zero-order chi connectivity index (χ0) is 12.5. The van der Waals surface area contributed by atoms with Crippen molar-refractivity contribution < 1.29 is 35.9 Å². The van der Waals surface area contributed by atoms with Crippen LogP contribution in [0, 0.1) is 0 Å². The first-order chi connectivity index (χ1) is 6.45. The van der Waals surface area contributed by atoms with Gasteiger partial charge in [-0.1, -0.05) is 6.58 Å². The monoisotopic (exact) mass is 236 g/mol. The topological polar surface area (TPSA) is 26.3 Å². The van der Waals surface area contributed by atoms with Crippen LogP contribution in [0.25, 0.3) is 0 Å². The zero-order valence-corrected chi connectivity index (χ0v) is 7.37. The number of carbonyl (C=O) groups excluding carboxylic acids is 1. The van der Waals surface area contributed by atoms with Gasteiger partial charge in [0.15, 0.2) is 0 Å². The van der Waals surface area contributed by atoms with Gasteiger partial charge in [0.1, 0.15) is 0 Å². The lowest BCUT2D eigenvalue weighted by molar-refractivity contribution is -0.379. The summed E-state index contributed by atoms with van der Waals surface area (Å²) in [5.74, 6) is -12.7. The van der Waals surface area contributed by atoms with Gasteiger partial charge in [-0.25, -0.2) is 4.79 Å². The van der Waals surface area contributed by atoms with Crippen LogP contribution >= 0.6 is 0 Å². The van der Waals surface area contributed by atoms with Gasteiger partial charge in [-0.2, -0.15) is 26.3 Å². The average Bonchev–Trinajstić information content (AvgIpc) is 2.00. The van der Waals surface area contributed by atoms with E-state index in [9.17, 15) is 31.1 Å². The smallest absolute Gasteiger partial charge is 0.393 e. The molecule has 0 heterocycles. The fourth-order valence-electron chi connectivity index (χ4n) is 0.488. The highest BCUT2D eigenvalue weighted by atomic mass is 19.3. The summed E-state index contributed by atoms with van der Waals surface area (Å²) < 4.78 is 76.7. The number of hydrogen-bond donors (Lipinski definition) is 0. The summed E-state index contributed by atoms with van der Waals surface area (Å²) in [5.41, 5.74) is 0. The van der Waals surface area contributed by atoms with Crippen molar-refractivity contribution in [1.29, 1.82) is 0 Å². The van der Waals surface area contributed by atoms with Crippen molar-refractivity contribution in [1.82, 2.24) is 0 Å². The van der Waals surface area contributed by atoms with Crippen molar-refractivity contribution in [2.45, 2.75) is 24.9 Å². The Morgan fingerprint density at radius 3 is 1.87 bits per heavy atom. The largest absolute Gasteiger partial charge is 0.473 e. The van der Waals surface area contributed by atoms with Crippen LogP contribution in [-0.4, -0.2) is 23.9 Å². The molecular weight excluding hydrogens is 230 g/mol. The van der Waals surface area contributed by atoms with E-state index in [1.54, 1.807) is 0 Å². The molecule has 0 aliphatic rings. The Hall–Kier alpha value is -1.21. The fourth-order valence-corrected chi connectivity index (χ4v) is 0.488. The second kappa shape index (κ2) is 3.74. The maximum Gasteiger partial charge on any atom is 0.473 e. The van der Waals surface area contributed by atoms with E-state index in [0.717, 1.165) is 0 Å². The van der Waals surface area contributed by atoms with Gasteiger partial charge < -0.3 is 4.74 Å². The van der Waals surface area contributed by atoms with E-state index in [4.69, 9.17) is 0 Å². The minimum Gasteiger partial charge on any atom is -0.393 e. The molecule has 0 radical (unpaired) electrons. The number of carbonyl (C=O) groups is 1. The van der Waals surface area contributed by atoms with Crippen molar-refractivity contribution in [3.8, 4) is 0 Å². The molecule has 8 heteroatoms. The second-order valence-electron chi connectivity index (χ2n) is 2.60. The van der Waals surface area contributed by atoms with Crippen LogP contribution in [0.2, 0.25) is 0 Å². The van der Waals surface area contributed by atoms with E-state index in [2.05, 4.69) is 11.3 Å². The minimum absolute atomic E-state index is 0.151. The van der Waals surface area contributed by atoms with E-state index in [-0.39, 0.29) is 6.08 Å². The van der Waals surface area contributed by atoms with E-state index in [1.165, 1.54) is 0 Å². The maximum atomic E-state index is 12.4. The number of alkyl halides is 6. The van der Waals surface area contributed by atoms with Gasteiger partial charge in [0.2, 0.25) is 0 Å². The summed E-state index contributed by atoms with van der Waals surface area (Å²) in [5, 5.41) is 0. The molecule has 0 aromatic rings. The molecule has 0 rings (SSSR count). The van der Waals surface area contributed by atoms with Gasteiger partial charge in [0.05, 0.1) is 0 Å². The first kappa shape index (κ1) is 13.8. The normalized spacial score (nSPS) is 13.5. The van der Waals surface area contributed by atoms with E-state index in [1.807, 2.05) is 0 Å². The fraction of sp³-hybridized carbons (Fsp3) is 0.571. The standard InChI is InChI=1S/C7H6F6O2/c1-3-4(14)15-7(12,13)6(10,11)5(2,8)9/h3H,1H2,2H3. The zero-order valence-electron chi connectivity index (χ0n) is 7.37. The Morgan fingerprint density at radius 2 is 1.60 bits per heavy atom. The lowest BCUT2D eigenvalue weighted by Gasteiger charge is -2.29. The van der Waals surface area contributed by atoms with E-state index < -0.39 is 30.8 Å². The van der Waals surface area contributed by atoms with Gasteiger partial charge >= 0.3 is 23.9 Å². The molecule has 0 saturated heterocycles. The van der Waals surface area contributed by atoms with Crippen LogP contribution in [0.15, 0.2) is 12.7 Å². The molecule has 0 saturated carbocycles. The Kier molecular flexibility index (Phi) is 3.44. The van der Waals surface area contributed by atoms with Crippen LogP contribution in [0.1, 0.15) is 6.92 Å². The molecule has 88 valence electrons. The van der Waals surface area contributed by atoms with Gasteiger partial charge in [0, 0.05) is 13.0 Å². The highest BCUT2D eigenvalue weighted by Crippen LogP contribution is 2.45. The number of esters is 1. The molecule has 0 aliphatic carbocycles. The van der Waals surface area contributed by atoms with Crippen molar-refractivity contribution >= 4 is 5.97 Å². The van der Waals surface area contributed by atoms with E-state index >= 15 is 0 Å². The summed E-state index contributed by atoms with van der Waals surface area (Å²) in [6.45, 7) is 2.23. The Bertz CT molecular complexity index is 267. The van der Waals surface area contributed by atoms with Crippen LogP contribution < -0.4 is 0 Å². The highest BCUT2D eigenvalue weighted by Gasteiger charge is 2.72. The maximum absolute atomic E-state index is 12.4. The summed E-state index contributed by atoms with van der Waals surface area (Å²) in [6.07, 6.45) is -5.45.